The third kappa shape index (κ3) is 5.75. The van der Waals surface area contributed by atoms with Crippen molar-refractivity contribution < 1.29 is 51.0 Å². The van der Waals surface area contributed by atoms with Crippen molar-refractivity contribution in [2.45, 2.75) is 18.3 Å². The van der Waals surface area contributed by atoms with E-state index in [2.05, 4.69) is 65.2 Å². The van der Waals surface area contributed by atoms with E-state index >= 15 is 0 Å². The first-order valence-corrected chi connectivity index (χ1v) is 6.22. The second-order valence-corrected chi connectivity index (χ2v) is 4.79. The van der Waals surface area contributed by atoms with Crippen LogP contribution in [0.15, 0.2) is 47.2 Å². The molecule has 100 valence electrons. The maximum Gasteiger partial charge on any atom is 4.00 e. The van der Waals surface area contributed by atoms with Crippen LogP contribution in [-0.4, -0.2) is 16.9 Å². The van der Waals surface area contributed by atoms with Crippen molar-refractivity contribution >= 4 is 15.9 Å². The van der Waals surface area contributed by atoms with Crippen molar-refractivity contribution in [3.8, 4) is 0 Å². The van der Waals surface area contributed by atoms with Crippen LogP contribution in [-0.2, 0) is 26.2 Å². The molecule has 1 unspecified atom stereocenters. The van der Waals surface area contributed by atoms with Crippen molar-refractivity contribution in [1.82, 2.24) is 4.90 Å². The Bertz CT molecular complexity index is 429. The van der Waals surface area contributed by atoms with Crippen LogP contribution in [0, 0.1) is 12.2 Å². The molecule has 0 saturated heterocycles. The summed E-state index contributed by atoms with van der Waals surface area (Å²) in [4.78, 5) is 2.43. The zero-order valence-electron chi connectivity index (χ0n) is 10.8. The Labute approximate surface area is 155 Å². The van der Waals surface area contributed by atoms with Gasteiger partial charge in [0, 0.05) is 4.95 Å². The Morgan fingerprint density at radius 2 is 2.00 bits per heavy atom. The molecule has 1 nitrogen and oxygen atoms in total. The normalized spacial score (nSPS) is 20.9. The summed E-state index contributed by atoms with van der Waals surface area (Å²) < 4.78 is 0. The number of alkyl halides is 1. The molecule has 1 heterocycles. The van der Waals surface area contributed by atoms with Gasteiger partial charge in [-0.2, -0.15) is 23.8 Å². The number of hydrogen-bond acceptors (Lipinski definition) is 1. The van der Waals surface area contributed by atoms with E-state index in [4.69, 9.17) is 0 Å². The molecule has 2 aliphatic carbocycles. The molecule has 0 aromatic heterocycles. The Morgan fingerprint density at radius 1 is 1.32 bits per heavy atom. The topological polar surface area (TPSA) is 3.24 Å². The molecule has 0 aromatic rings. The van der Waals surface area contributed by atoms with Crippen molar-refractivity contribution in [3.05, 3.63) is 59.4 Å². The Hall–Kier alpha value is 0.443. The van der Waals surface area contributed by atoms with Gasteiger partial charge in [0.15, 0.2) is 0 Å². The molecule has 0 N–H and O–H groups in total. The van der Waals surface area contributed by atoms with Crippen molar-refractivity contribution in [2.24, 2.45) is 0 Å². The molecule has 19 heavy (non-hydrogen) atoms. The number of halogens is 3. The molecule has 0 radical (unpaired) electrons. The molecular formula is C14H14BrCl2NZr. The standard InChI is InChI=1S/C9H9BrN.C5H5.2ClH.Zr/c1-6-3-7-5-9(10)11(2)8(7)4-6;1-2-4-5-3-1;;;/h3-4,9H,1-2H3;1-3H,4H2;2*1H;/q2*-1;;;+4/p-2. The Morgan fingerprint density at radius 3 is 2.42 bits per heavy atom. The van der Waals surface area contributed by atoms with Crippen LogP contribution in [0.25, 0.3) is 0 Å². The summed E-state index contributed by atoms with van der Waals surface area (Å²) in [5.74, 6) is 0. The molecule has 0 saturated carbocycles. The minimum atomic E-state index is 0. The third-order valence-electron chi connectivity index (χ3n) is 2.59. The van der Waals surface area contributed by atoms with Gasteiger partial charge in [0.05, 0.1) is 0 Å². The molecule has 1 atom stereocenters. The van der Waals surface area contributed by atoms with E-state index in [0.717, 1.165) is 6.42 Å². The van der Waals surface area contributed by atoms with Gasteiger partial charge < -0.3 is 29.7 Å². The van der Waals surface area contributed by atoms with Gasteiger partial charge in [0.25, 0.3) is 0 Å². The number of likely N-dealkylation sites (N-methyl/N-ethyl adjacent to an activating group) is 1. The summed E-state index contributed by atoms with van der Waals surface area (Å²) in [6, 6.07) is 0. The van der Waals surface area contributed by atoms with Crippen LogP contribution in [0.1, 0.15) is 13.3 Å². The van der Waals surface area contributed by atoms with E-state index in [0.29, 0.717) is 0 Å². The van der Waals surface area contributed by atoms with Crippen molar-refractivity contribution in [1.29, 1.82) is 0 Å². The quantitative estimate of drug-likeness (QED) is 0.231. The maximum atomic E-state index is 3.50. The van der Waals surface area contributed by atoms with Crippen LogP contribution < -0.4 is 24.8 Å². The van der Waals surface area contributed by atoms with Gasteiger partial charge >= 0.3 is 26.2 Å². The molecule has 0 bridgehead atoms. The van der Waals surface area contributed by atoms with Gasteiger partial charge in [0.1, 0.15) is 0 Å². The fourth-order valence-electron chi connectivity index (χ4n) is 1.73. The molecule has 3 aliphatic rings. The molecule has 1 aliphatic heterocycles. The van der Waals surface area contributed by atoms with Crippen LogP contribution in [0.4, 0.5) is 0 Å². The van der Waals surface area contributed by atoms with Crippen LogP contribution in [0.3, 0.4) is 0 Å². The average molecular weight is 438 g/mol. The first kappa shape index (κ1) is 21.7. The first-order chi connectivity index (χ1) is 7.68. The van der Waals surface area contributed by atoms with E-state index in [-0.39, 0.29) is 56.0 Å². The monoisotopic (exact) mass is 435 g/mol. The van der Waals surface area contributed by atoms with Gasteiger partial charge in [-0.15, -0.1) is 18.1 Å². The minimum absolute atomic E-state index is 0. The smallest absolute Gasteiger partial charge is 1.00 e. The third-order valence-corrected chi connectivity index (χ3v) is 3.44. The summed E-state index contributed by atoms with van der Waals surface area (Å²) in [7, 11) is 2.07. The van der Waals surface area contributed by atoms with Crippen molar-refractivity contribution in [2.75, 3.05) is 7.05 Å². The second-order valence-electron chi connectivity index (χ2n) is 3.93. The summed E-state index contributed by atoms with van der Waals surface area (Å²) in [6.45, 7) is 2.11. The zero-order chi connectivity index (χ0) is 11.5. The van der Waals surface area contributed by atoms with Crippen LogP contribution in [0.2, 0.25) is 0 Å². The van der Waals surface area contributed by atoms with Gasteiger partial charge in [-0.25, -0.2) is 12.2 Å². The summed E-state index contributed by atoms with van der Waals surface area (Å²) in [5.41, 5.74) is 3.82. The largest absolute Gasteiger partial charge is 4.00 e. The van der Waals surface area contributed by atoms with E-state index in [1.165, 1.54) is 16.8 Å². The number of rotatable bonds is 0. The van der Waals surface area contributed by atoms with E-state index in [9.17, 15) is 0 Å². The van der Waals surface area contributed by atoms with Crippen LogP contribution >= 0.6 is 15.9 Å². The summed E-state index contributed by atoms with van der Waals surface area (Å²) in [5, 5.41) is 0. The molecular weight excluding hydrogens is 424 g/mol. The summed E-state index contributed by atoms with van der Waals surface area (Å²) in [6.07, 6.45) is 17.7. The zero-order valence-corrected chi connectivity index (χ0v) is 16.3. The summed E-state index contributed by atoms with van der Waals surface area (Å²) >= 11 is 3.50. The SMILES string of the molecule is CC1=CC2=[C-]C(Br)N(C)C2=C1.[C-]1=CC=CC1.[Cl-].[Cl-].[Zr+4]. The molecule has 3 rings (SSSR count). The number of hydrogen-bond donors (Lipinski definition) is 0. The van der Waals surface area contributed by atoms with E-state index in [1.54, 1.807) is 0 Å². The molecule has 0 amide bonds. The molecule has 0 spiro atoms. The molecule has 0 aromatic carbocycles. The van der Waals surface area contributed by atoms with Crippen molar-refractivity contribution in [3.63, 3.8) is 0 Å². The van der Waals surface area contributed by atoms with Gasteiger partial charge in [-0.1, -0.05) is 28.6 Å². The molecule has 0 fully saturated rings. The van der Waals surface area contributed by atoms with Crippen LogP contribution in [0.5, 0.6) is 0 Å². The second kappa shape index (κ2) is 10.2. The fourth-order valence-corrected chi connectivity index (χ4v) is 2.20. The average Bonchev–Trinajstić information content (AvgIpc) is 2.92. The number of allylic oxidation sites excluding steroid dienone is 7. The predicted octanol–water partition coefficient (Wildman–Crippen LogP) is -2.46. The van der Waals surface area contributed by atoms with E-state index < -0.39 is 0 Å². The molecule has 5 heteroatoms. The van der Waals surface area contributed by atoms with Gasteiger partial charge in [-0.3, -0.25) is 6.08 Å². The van der Waals surface area contributed by atoms with E-state index in [1.807, 2.05) is 12.2 Å². The Kier molecular flexibility index (Phi) is 11.7. The maximum absolute atomic E-state index is 3.50. The van der Waals surface area contributed by atoms with Gasteiger partial charge in [-0.05, 0) is 7.05 Å². The Balaban J connectivity index is 0. The fraction of sp³-hybridized carbons (Fsp3) is 0.286. The minimum Gasteiger partial charge on any atom is -1.00 e. The van der Waals surface area contributed by atoms with Gasteiger partial charge in [0.2, 0.25) is 0 Å². The number of fused-ring (bicyclic) bond motifs is 1. The number of nitrogens with zero attached hydrogens (tertiary/aromatic N) is 1. The predicted molar refractivity (Wildman–Crippen MR) is 70.6 cm³/mol. The first-order valence-electron chi connectivity index (χ1n) is 5.31.